The fourth-order valence-corrected chi connectivity index (χ4v) is 4.76. The van der Waals surface area contributed by atoms with Gasteiger partial charge in [0.1, 0.15) is 5.60 Å². The van der Waals surface area contributed by atoms with Crippen LogP contribution in [0.25, 0.3) is 0 Å². The summed E-state index contributed by atoms with van der Waals surface area (Å²) >= 11 is 0. The van der Waals surface area contributed by atoms with Crippen molar-refractivity contribution in [3.8, 4) is 0 Å². The van der Waals surface area contributed by atoms with Gasteiger partial charge >= 0.3 is 12.1 Å². The van der Waals surface area contributed by atoms with Gasteiger partial charge in [-0.25, -0.2) is 18.0 Å². The molecule has 0 heterocycles. The van der Waals surface area contributed by atoms with Crippen LogP contribution in [0.5, 0.6) is 0 Å². The molecule has 0 aromatic heterocycles. The SMILES string of the molecule is CCOC(=O)/C=C/CN(C[C@@H](CC(C)C)NC(=O)OC(C)(C)C)S(=O)(=O)c1ccccc1[N+](=O)[O-]. The molecule has 0 bridgehead atoms. The molecular weight excluding hydrogens is 478 g/mol. The lowest BCUT2D eigenvalue weighted by molar-refractivity contribution is -0.387. The van der Waals surface area contributed by atoms with E-state index in [2.05, 4.69) is 5.32 Å². The molecule has 0 aliphatic heterocycles. The lowest BCUT2D eigenvalue weighted by Crippen LogP contribution is -2.47. The summed E-state index contributed by atoms with van der Waals surface area (Å²) in [5.74, 6) is -0.568. The Kier molecular flexibility index (Phi) is 11.3. The third-order valence-electron chi connectivity index (χ3n) is 4.43. The maximum Gasteiger partial charge on any atom is 0.407 e. The summed E-state index contributed by atoms with van der Waals surface area (Å²) in [5, 5.41) is 14.2. The van der Waals surface area contributed by atoms with Crippen molar-refractivity contribution < 1.29 is 32.4 Å². The molecule has 11 nitrogen and oxygen atoms in total. The van der Waals surface area contributed by atoms with Crippen LogP contribution >= 0.6 is 0 Å². The van der Waals surface area contributed by atoms with Crippen molar-refractivity contribution in [2.45, 2.75) is 64.5 Å². The van der Waals surface area contributed by atoms with Crippen molar-refractivity contribution >= 4 is 27.8 Å². The highest BCUT2D eigenvalue weighted by Gasteiger charge is 2.33. The van der Waals surface area contributed by atoms with Crippen LogP contribution in [0.15, 0.2) is 41.3 Å². The molecule has 1 amide bonds. The second-order valence-corrected chi connectivity index (χ2v) is 11.1. The van der Waals surface area contributed by atoms with E-state index in [1.165, 1.54) is 18.2 Å². The highest BCUT2D eigenvalue weighted by atomic mass is 32.2. The number of rotatable bonds is 12. The zero-order valence-corrected chi connectivity index (χ0v) is 21.8. The Balaban J connectivity index is 3.37. The Morgan fingerprint density at radius 1 is 1.23 bits per heavy atom. The number of esters is 1. The van der Waals surface area contributed by atoms with E-state index in [-0.39, 0.29) is 25.6 Å². The van der Waals surface area contributed by atoms with Gasteiger partial charge < -0.3 is 14.8 Å². The van der Waals surface area contributed by atoms with Gasteiger partial charge in [-0.05, 0) is 46.1 Å². The topological polar surface area (TPSA) is 145 Å². The Hall–Kier alpha value is -2.99. The molecule has 1 rings (SSSR count). The summed E-state index contributed by atoms with van der Waals surface area (Å²) in [7, 11) is -4.39. The average Bonchev–Trinajstić information content (AvgIpc) is 2.71. The van der Waals surface area contributed by atoms with Gasteiger partial charge in [0.2, 0.25) is 10.0 Å². The number of hydrogen-bond donors (Lipinski definition) is 1. The van der Waals surface area contributed by atoms with E-state index in [1.807, 2.05) is 13.8 Å². The predicted molar refractivity (Wildman–Crippen MR) is 130 cm³/mol. The van der Waals surface area contributed by atoms with Crippen LogP contribution < -0.4 is 5.32 Å². The zero-order chi connectivity index (χ0) is 26.8. The van der Waals surface area contributed by atoms with Gasteiger partial charge in [0.05, 0.1) is 11.5 Å². The monoisotopic (exact) mass is 513 g/mol. The first-order chi connectivity index (χ1) is 16.2. The zero-order valence-electron chi connectivity index (χ0n) is 21.0. The van der Waals surface area contributed by atoms with E-state index in [1.54, 1.807) is 27.7 Å². The molecular formula is C23H35N3O8S. The number of amides is 1. The Bertz CT molecular complexity index is 1020. The standard InChI is InChI=1S/C23H35N3O8S/c1-7-33-21(27)13-10-14-25(35(31,32)20-12-9-8-11-19(20)26(29)30)16-18(15-17(2)3)24-22(28)34-23(4,5)6/h8-13,17-18H,7,14-16H2,1-6H3,(H,24,28)/b13-10+/t18-/m1/s1. The van der Waals surface area contributed by atoms with Crippen LogP contribution in [-0.2, 0) is 24.3 Å². The third-order valence-corrected chi connectivity index (χ3v) is 6.31. The van der Waals surface area contributed by atoms with Gasteiger partial charge in [0.25, 0.3) is 5.69 Å². The van der Waals surface area contributed by atoms with Crippen LogP contribution in [0.4, 0.5) is 10.5 Å². The first-order valence-corrected chi connectivity index (χ1v) is 12.7. The Morgan fingerprint density at radius 3 is 2.40 bits per heavy atom. The van der Waals surface area contributed by atoms with Crippen LogP contribution in [-0.4, -0.2) is 61.0 Å². The molecule has 0 aliphatic rings. The Morgan fingerprint density at radius 2 is 1.86 bits per heavy atom. The van der Waals surface area contributed by atoms with Crippen LogP contribution in [0.2, 0.25) is 0 Å². The molecule has 12 heteroatoms. The first kappa shape index (κ1) is 30.0. The molecule has 196 valence electrons. The summed E-state index contributed by atoms with van der Waals surface area (Å²) in [4.78, 5) is 34.3. The quantitative estimate of drug-likeness (QED) is 0.193. The van der Waals surface area contributed by atoms with Gasteiger partial charge in [-0.1, -0.05) is 32.1 Å². The van der Waals surface area contributed by atoms with Crippen molar-refractivity contribution in [3.05, 3.63) is 46.5 Å². The number of nitro groups is 1. The van der Waals surface area contributed by atoms with Gasteiger partial charge in [-0.15, -0.1) is 0 Å². The highest BCUT2D eigenvalue weighted by Crippen LogP contribution is 2.27. The minimum atomic E-state index is -4.39. The molecule has 1 N–H and O–H groups in total. The lowest BCUT2D eigenvalue weighted by atomic mass is 10.0. The number of nitrogens with one attached hydrogen (secondary N) is 1. The summed E-state index contributed by atoms with van der Waals surface area (Å²) in [6, 6.07) is 4.33. The number of alkyl carbamates (subject to hydrolysis) is 1. The molecule has 1 aromatic rings. The second-order valence-electron chi connectivity index (χ2n) is 9.17. The maximum atomic E-state index is 13.5. The average molecular weight is 514 g/mol. The number of hydrogen-bond acceptors (Lipinski definition) is 8. The van der Waals surface area contributed by atoms with E-state index in [9.17, 15) is 28.1 Å². The second kappa shape index (κ2) is 13.2. The van der Waals surface area contributed by atoms with E-state index >= 15 is 0 Å². The molecule has 0 saturated heterocycles. The number of carbonyl (C=O) groups excluding carboxylic acids is 2. The fourth-order valence-electron chi connectivity index (χ4n) is 3.16. The maximum absolute atomic E-state index is 13.5. The van der Waals surface area contributed by atoms with Gasteiger partial charge in [0.15, 0.2) is 4.90 Å². The predicted octanol–water partition coefficient (Wildman–Crippen LogP) is 3.64. The van der Waals surface area contributed by atoms with E-state index in [0.717, 1.165) is 22.5 Å². The van der Waals surface area contributed by atoms with Gasteiger partial charge in [-0.3, -0.25) is 10.1 Å². The summed E-state index contributed by atoms with van der Waals surface area (Å²) < 4.78 is 38.2. The van der Waals surface area contributed by atoms with Gasteiger partial charge in [-0.2, -0.15) is 4.31 Å². The molecule has 0 saturated carbocycles. The van der Waals surface area contributed by atoms with Crippen molar-refractivity contribution in [2.24, 2.45) is 5.92 Å². The minimum absolute atomic E-state index is 0.0839. The number of benzene rings is 1. The molecule has 35 heavy (non-hydrogen) atoms. The lowest BCUT2D eigenvalue weighted by Gasteiger charge is -2.29. The Labute approximate surface area is 206 Å². The summed E-state index contributed by atoms with van der Waals surface area (Å²) in [6.45, 7) is 10.2. The van der Waals surface area contributed by atoms with Crippen molar-refractivity contribution in [1.82, 2.24) is 9.62 Å². The van der Waals surface area contributed by atoms with Crippen molar-refractivity contribution in [1.29, 1.82) is 0 Å². The molecule has 0 spiro atoms. The molecule has 1 aromatic carbocycles. The first-order valence-electron chi connectivity index (χ1n) is 11.2. The van der Waals surface area contributed by atoms with Crippen LogP contribution in [0.3, 0.4) is 0 Å². The van der Waals surface area contributed by atoms with Crippen molar-refractivity contribution in [3.63, 3.8) is 0 Å². The summed E-state index contributed by atoms with van der Waals surface area (Å²) in [6.07, 6.45) is 2.08. The minimum Gasteiger partial charge on any atom is -0.463 e. The number of nitro benzene ring substituents is 1. The highest BCUT2D eigenvalue weighted by molar-refractivity contribution is 7.89. The smallest absolute Gasteiger partial charge is 0.407 e. The number of sulfonamides is 1. The van der Waals surface area contributed by atoms with Crippen LogP contribution in [0.1, 0.15) is 48.0 Å². The molecule has 0 unspecified atom stereocenters. The third kappa shape index (κ3) is 10.4. The molecule has 0 fully saturated rings. The number of ether oxygens (including phenoxy) is 2. The number of nitrogens with zero attached hydrogens (tertiary/aromatic N) is 2. The fraction of sp³-hybridized carbons (Fsp3) is 0.565. The van der Waals surface area contributed by atoms with E-state index in [0.29, 0.717) is 6.42 Å². The molecule has 0 radical (unpaired) electrons. The summed E-state index contributed by atoms with van der Waals surface area (Å²) in [5.41, 5.74) is -1.34. The van der Waals surface area contributed by atoms with E-state index in [4.69, 9.17) is 9.47 Å². The number of carbonyl (C=O) groups is 2. The normalized spacial score (nSPS) is 13.1. The van der Waals surface area contributed by atoms with Crippen molar-refractivity contribution in [2.75, 3.05) is 19.7 Å². The largest absolute Gasteiger partial charge is 0.463 e. The van der Waals surface area contributed by atoms with Crippen LogP contribution in [0, 0.1) is 16.0 Å². The molecule has 0 aliphatic carbocycles. The molecule has 1 atom stereocenters. The van der Waals surface area contributed by atoms with E-state index < -0.39 is 49.2 Å². The van der Waals surface area contributed by atoms with Gasteiger partial charge in [0, 0.05) is 31.3 Å². The number of para-hydroxylation sites is 1.